The van der Waals surface area contributed by atoms with Crippen molar-refractivity contribution < 1.29 is 9.53 Å². The van der Waals surface area contributed by atoms with Gasteiger partial charge in [-0.25, -0.2) is 4.79 Å². The molecule has 3 aromatic rings. The van der Waals surface area contributed by atoms with Crippen LogP contribution in [0.15, 0.2) is 71.7 Å². The normalized spacial score (nSPS) is 10.2. The molecule has 0 saturated carbocycles. The summed E-state index contributed by atoms with van der Waals surface area (Å²) in [7, 11) is 0. The first-order chi connectivity index (χ1) is 12.6. The minimum absolute atomic E-state index is 0.188. The van der Waals surface area contributed by atoms with Crippen LogP contribution in [0.25, 0.3) is 0 Å². The maximum atomic E-state index is 12.1. The second-order valence-corrected chi connectivity index (χ2v) is 5.64. The molecule has 2 amide bonds. The maximum Gasteiger partial charge on any atom is 0.323 e. The lowest BCUT2D eigenvalue weighted by atomic mass is 10.1. The number of amides is 2. The Hall–Kier alpha value is -3.54. The summed E-state index contributed by atoms with van der Waals surface area (Å²) in [4.78, 5) is 25.6. The molecule has 2 aromatic carbocycles. The van der Waals surface area contributed by atoms with Crippen molar-refractivity contribution in [3.8, 4) is 11.5 Å². The fraction of sp³-hybridized carbons (Fsp3) is 0.100. The molecule has 6 nitrogen and oxygen atoms in total. The van der Waals surface area contributed by atoms with Crippen LogP contribution in [0.2, 0.25) is 0 Å². The fourth-order valence-electron chi connectivity index (χ4n) is 2.32. The molecule has 3 N–H and O–H groups in total. The zero-order valence-corrected chi connectivity index (χ0v) is 14.3. The molecule has 0 atom stereocenters. The van der Waals surface area contributed by atoms with E-state index in [0.717, 1.165) is 12.1 Å². The van der Waals surface area contributed by atoms with Gasteiger partial charge < -0.3 is 20.4 Å². The number of rotatable bonds is 5. The Bertz CT molecular complexity index is 911. The van der Waals surface area contributed by atoms with Crippen LogP contribution in [-0.4, -0.2) is 11.0 Å². The van der Waals surface area contributed by atoms with Crippen molar-refractivity contribution in [2.45, 2.75) is 13.3 Å². The molecule has 0 saturated heterocycles. The summed E-state index contributed by atoms with van der Waals surface area (Å²) in [5.74, 6) is 1.12. The number of H-pyrrole nitrogens is 1. The van der Waals surface area contributed by atoms with Crippen molar-refractivity contribution in [1.82, 2.24) is 4.98 Å². The lowest BCUT2D eigenvalue weighted by molar-refractivity contribution is 0.262. The van der Waals surface area contributed by atoms with Gasteiger partial charge in [0.25, 0.3) is 0 Å². The molecule has 0 fully saturated rings. The van der Waals surface area contributed by atoms with Gasteiger partial charge >= 0.3 is 6.03 Å². The Labute approximate surface area is 150 Å². The van der Waals surface area contributed by atoms with E-state index in [2.05, 4.69) is 22.5 Å². The third-order valence-corrected chi connectivity index (χ3v) is 3.72. The highest BCUT2D eigenvalue weighted by atomic mass is 16.5. The van der Waals surface area contributed by atoms with Gasteiger partial charge in [0.05, 0.1) is 0 Å². The summed E-state index contributed by atoms with van der Waals surface area (Å²) in [6.07, 6.45) is 2.45. The number of aromatic nitrogens is 1. The van der Waals surface area contributed by atoms with Gasteiger partial charge in [-0.3, -0.25) is 4.79 Å². The summed E-state index contributed by atoms with van der Waals surface area (Å²) < 4.78 is 5.61. The van der Waals surface area contributed by atoms with Crippen molar-refractivity contribution >= 4 is 17.4 Å². The molecule has 0 spiro atoms. The molecule has 0 unspecified atom stereocenters. The largest absolute Gasteiger partial charge is 0.456 e. The number of ether oxygens (including phenoxy) is 1. The van der Waals surface area contributed by atoms with Crippen molar-refractivity contribution in [3.63, 3.8) is 0 Å². The smallest absolute Gasteiger partial charge is 0.323 e. The van der Waals surface area contributed by atoms with Crippen molar-refractivity contribution in [2.24, 2.45) is 0 Å². The number of carbonyl (C=O) groups is 1. The standard InChI is InChI=1S/C20H19N3O3/c1-2-14-3-5-15(6-4-14)22-20(25)23-16-7-9-17(10-8-16)26-18-11-12-19(24)21-13-18/h3-13H,2H2,1H3,(H,21,24)(H2,22,23,25). The maximum absolute atomic E-state index is 12.1. The van der Waals surface area contributed by atoms with Crippen LogP contribution in [-0.2, 0) is 6.42 Å². The molecule has 6 heteroatoms. The molecule has 26 heavy (non-hydrogen) atoms. The van der Waals surface area contributed by atoms with E-state index in [4.69, 9.17) is 4.74 Å². The quantitative estimate of drug-likeness (QED) is 0.639. The molecule has 1 aromatic heterocycles. The first-order valence-electron chi connectivity index (χ1n) is 8.26. The van der Waals surface area contributed by atoms with E-state index in [0.29, 0.717) is 17.2 Å². The fourth-order valence-corrected chi connectivity index (χ4v) is 2.32. The van der Waals surface area contributed by atoms with E-state index in [-0.39, 0.29) is 11.6 Å². The lowest BCUT2D eigenvalue weighted by Crippen LogP contribution is -2.19. The Morgan fingerprint density at radius 2 is 1.46 bits per heavy atom. The number of aromatic amines is 1. The number of urea groups is 1. The minimum Gasteiger partial charge on any atom is -0.456 e. The summed E-state index contributed by atoms with van der Waals surface area (Å²) in [6.45, 7) is 2.08. The zero-order valence-electron chi connectivity index (χ0n) is 14.3. The highest BCUT2D eigenvalue weighted by molar-refractivity contribution is 5.99. The first kappa shape index (κ1) is 17.3. The number of anilines is 2. The van der Waals surface area contributed by atoms with E-state index in [1.807, 2.05) is 24.3 Å². The Morgan fingerprint density at radius 1 is 0.885 bits per heavy atom. The second-order valence-electron chi connectivity index (χ2n) is 5.64. The second kappa shape index (κ2) is 8.02. The first-order valence-corrected chi connectivity index (χ1v) is 8.26. The van der Waals surface area contributed by atoms with Crippen molar-refractivity contribution in [2.75, 3.05) is 10.6 Å². The number of hydrogen-bond donors (Lipinski definition) is 3. The van der Waals surface area contributed by atoms with E-state index < -0.39 is 0 Å². The molecule has 0 aliphatic heterocycles. The van der Waals surface area contributed by atoms with Gasteiger partial charge in [-0.05, 0) is 54.4 Å². The molecular formula is C20H19N3O3. The lowest BCUT2D eigenvalue weighted by Gasteiger charge is -2.09. The van der Waals surface area contributed by atoms with E-state index in [1.165, 1.54) is 17.8 Å². The van der Waals surface area contributed by atoms with Gasteiger partial charge in [0.15, 0.2) is 0 Å². The van der Waals surface area contributed by atoms with E-state index >= 15 is 0 Å². The third-order valence-electron chi connectivity index (χ3n) is 3.72. The van der Waals surface area contributed by atoms with Gasteiger partial charge in [0.1, 0.15) is 11.5 Å². The Morgan fingerprint density at radius 3 is 2.00 bits per heavy atom. The van der Waals surface area contributed by atoms with Crippen molar-refractivity contribution in [3.05, 3.63) is 82.8 Å². The van der Waals surface area contributed by atoms with Crippen molar-refractivity contribution in [1.29, 1.82) is 0 Å². The molecule has 0 radical (unpaired) electrons. The monoisotopic (exact) mass is 349 g/mol. The molecule has 132 valence electrons. The summed E-state index contributed by atoms with van der Waals surface area (Å²) in [6, 6.07) is 17.3. The number of aryl methyl sites for hydroxylation is 1. The van der Waals surface area contributed by atoms with Crippen LogP contribution in [0.3, 0.4) is 0 Å². The highest BCUT2D eigenvalue weighted by Crippen LogP contribution is 2.22. The summed E-state index contributed by atoms with van der Waals surface area (Å²) in [5, 5.41) is 5.55. The Kier molecular flexibility index (Phi) is 5.34. The SMILES string of the molecule is CCc1ccc(NC(=O)Nc2ccc(Oc3ccc(=O)[nH]c3)cc2)cc1. The van der Waals surface area contributed by atoms with Crippen LogP contribution >= 0.6 is 0 Å². The minimum atomic E-state index is -0.316. The average molecular weight is 349 g/mol. The van der Waals surface area contributed by atoms with E-state index in [1.54, 1.807) is 30.3 Å². The van der Waals surface area contributed by atoms with Crippen LogP contribution < -0.4 is 20.9 Å². The summed E-state index contributed by atoms with van der Waals surface area (Å²) >= 11 is 0. The predicted molar refractivity (Wildman–Crippen MR) is 102 cm³/mol. The van der Waals surface area contributed by atoms with Gasteiger partial charge in [-0.2, -0.15) is 0 Å². The average Bonchev–Trinajstić information content (AvgIpc) is 2.66. The molecule has 0 aliphatic carbocycles. The summed E-state index contributed by atoms with van der Waals surface area (Å²) in [5.41, 5.74) is 2.40. The van der Waals surface area contributed by atoms with Crippen LogP contribution in [0, 0.1) is 0 Å². The van der Waals surface area contributed by atoms with Gasteiger partial charge in [-0.15, -0.1) is 0 Å². The third kappa shape index (κ3) is 4.73. The molecule has 0 aliphatic rings. The number of pyridine rings is 1. The predicted octanol–water partition coefficient (Wildman–Crippen LogP) is 4.37. The van der Waals surface area contributed by atoms with Crippen LogP contribution in [0.1, 0.15) is 12.5 Å². The molecular weight excluding hydrogens is 330 g/mol. The van der Waals surface area contributed by atoms with E-state index in [9.17, 15) is 9.59 Å². The number of hydrogen-bond acceptors (Lipinski definition) is 3. The van der Waals surface area contributed by atoms with Crippen LogP contribution in [0.4, 0.5) is 16.2 Å². The molecule has 0 bridgehead atoms. The number of carbonyl (C=O) groups excluding carboxylic acids is 1. The van der Waals surface area contributed by atoms with Crippen LogP contribution in [0.5, 0.6) is 11.5 Å². The van der Waals surface area contributed by atoms with Gasteiger partial charge in [0.2, 0.25) is 5.56 Å². The van der Waals surface area contributed by atoms with Gasteiger partial charge in [-0.1, -0.05) is 19.1 Å². The highest BCUT2D eigenvalue weighted by Gasteiger charge is 2.04. The zero-order chi connectivity index (χ0) is 18.4. The number of benzene rings is 2. The topological polar surface area (TPSA) is 83.2 Å². The molecule has 1 heterocycles. The Balaban J connectivity index is 1.56. The number of nitrogens with one attached hydrogen (secondary N) is 3. The molecule has 3 rings (SSSR count). The van der Waals surface area contributed by atoms with Gasteiger partial charge in [0, 0.05) is 23.6 Å².